The van der Waals surface area contributed by atoms with Gasteiger partial charge in [0.05, 0.1) is 6.04 Å². The molecule has 1 heterocycles. The van der Waals surface area contributed by atoms with E-state index >= 15 is 0 Å². The lowest BCUT2D eigenvalue weighted by molar-refractivity contribution is -0.124. The lowest BCUT2D eigenvalue weighted by atomic mass is 10.0. The molecule has 2 rings (SSSR count). The summed E-state index contributed by atoms with van der Waals surface area (Å²) in [6.45, 7) is 0. The molecular formula is C9H8NO. The minimum Gasteiger partial charge on any atom is -0.332 e. The van der Waals surface area contributed by atoms with E-state index < -0.39 is 0 Å². The van der Waals surface area contributed by atoms with E-state index in [4.69, 9.17) is 0 Å². The van der Waals surface area contributed by atoms with E-state index in [-0.39, 0.29) is 11.9 Å². The number of hydrogen-bond acceptors (Lipinski definition) is 1. The fourth-order valence-corrected chi connectivity index (χ4v) is 1.35. The first-order valence-electron chi connectivity index (χ1n) is 3.53. The maximum absolute atomic E-state index is 11.1. The molecule has 1 unspecified atom stereocenters. The predicted molar refractivity (Wildman–Crippen MR) is 41.6 cm³/mol. The van der Waals surface area contributed by atoms with Gasteiger partial charge in [-0.05, 0) is 17.7 Å². The Bertz CT molecular complexity index is 286. The molecular weight excluding hydrogens is 138 g/mol. The molecule has 0 bridgehead atoms. The molecule has 1 atom stereocenters. The average Bonchev–Trinajstić information content (AvgIpc) is 2.30. The molecule has 55 valence electrons. The maximum Gasteiger partial charge on any atom is 0.247 e. The van der Waals surface area contributed by atoms with E-state index in [1.165, 1.54) is 0 Å². The van der Waals surface area contributed by atoms with Gasteiger partial charge in [-0.25, -0.2) is 0 Å². The van der Waals surface area contributed by atoms with Crippen LogP contribution in [0.3, 0.4) is 0 Å². The Morgan fingerprint density at radius 2 is 2.45 bits per heavy atom. The van der Waals surface area contributed by atoms with Crippen molar-refractivity contribution in [2.75, 3.05) is 7.05 Å². The third-order valence-electron chi connectivity index (χ3n) is 2.02. The van der Waals surface area contributed by atoms with E-state index in [2.05, 4.69) is 6.08 Å². The van der Waals surface area contributed by atoms with Crippen molar-refractivity contribution in [1.29, 1.82) is 0 Å². The Labute approximate surface area is 65.5 Å². The molecule has 0 saturated carbocycles. The van der Waals surface area contributed by atoms with Crippen LogP contribution < -0.4 is 0 Å². The second-order valence-electron chi connectivity index (χ2n) is 2.71. The number of carbonyl (C=O) groups excluding carboxylic acids is 1. The first-order chi connectivity index (χ1) is 5.29. The van der Waals surface area contributed by atoms with E-state index in [0.29, 0.717) is 0 Å². The van der Waals surface area contributed by atoms with Crippen LogP contribution in [0, 0.1) is 6.08 Å². The van der Waals surface area contributed by atoms with Crippen molar-refractivity contribution in [2.24, 2.45) is 0 Å². The Balaban J connectivity index is 2.40. The number of likely N-dealkylation sites (N-methyl/N-ethyl adjacent to an activating group) is 1. The Morgan fingerprint density at radius 3 is 3.18 bits per heavy atom. The highest BCUT2D eigenvalue weighted by atomic mass is 16.2. The number of fused-ring (bicyclic) bond motifs is 1. The second-order valence-corrected chi connectivity index (χ2v) is 2.71. The lowest BCUT2D eigenvalue weighted by Crippen LogP contribution is -2.29. The molecule has 0 aromatic heterocycles. The fraction of sp³-hybridized carbons (Fsp3) is 0.222. The molecule has 1 aliphatic carbocycles. The zero-order valence-corrected chi connectivity index (χ0v) is 6.24. The number of allylic oxidation sites excluding steroid dienone is 2. The van der Waals surface area contributed by atoms with Crippen molar-refractivity contribution >= 4 is 5.91 Å². The topological polar surface area (TPSA) is 20.3 Å². The highest BCUT2D eigenvalue weighted by molar-refractivity contribution is 5.93. The molecule has 2 heteroatoms. The summed E-state index contributed by atoms with van der Waals surface area (Å²) in [4.78, 5) is 12.8. The SMILES string of the molecule is CN1C(=O)C=C2C=[C]C=CC21. The van der Waals surface area contributed by atoms with Crippen molar-refractivity contribution in [3.05, 3.63) is 36.0 Å². The Kier molecular flexibility index (Phi) is 1.22. The highest BCUT2D eigenvalue weighted by Gasteiger charge is 2.26. The van der Waals surface area contributed by atoms with Gasteiger partial charge in [0.1, 0.15) is 0 Å². The first kappa shape index (κ1) is 6.40. The van der Waals surface area contributed by atoms with Gasteiger partial charge in [-0.2, -0.15) is 0 Å². The van der Waals surface area contributed by atoms with Gasteiger partial charge in [0, 0.05) is 13.1 Å². The molecule has 0 aromatic rings. The van der Waals surface area contributed by atoms with Crippen LogP contribution in [-0.2, 0) is 4.79 Å². The van der Waals surface area contributed by atoms with Gasteiger partial charge >= 0.3 is 0 Å². The third kappa shape index (κ3) is 0.827. The summed E-state index contributed by atoms with van der Waals surface area (Å²) in [6, 6.07) is 0.156. The van der Waals surface area contributed by atoms with Gasteiger partial charge < -0.3 is 4.90 Å². The van der Waals surface area contributed by atoms with Crippen molar-refractivity contribution in [3.8, 4) is 0 Å². The minimum atomic E-state index is 0.0783. The molecule has 1 amide bonds. The Hall–Kier alpha value is -1.31. The van der Waals surface area contributed by atoms with Crippen molar-refractivity contribution < 1.29 is 4.79 Å². The second kappa shape index (κ2) is 2.09. The summed E-state index contributed by atoms with van der Waals surface area (Å²) in [5.41, 5.74) is 1.04. The smallest absolute Gasteiger partial charge is 0.247 e. The molecule has 2 nitrogen and oxygen atoms in total. The molecule has 11 heavy (non-hydrogen) atoms. The van der Waals surface area contributed by atoms with Gasteiger partial charge in [0.15, 0.2) is 0 Å². The summed E-state index contributed by atoms with van der Waals surface area (Å²) in [7, 11) is 1.81. The molecule has 0 saturated heterocycles. The van der Waals surface area contributed by atoms with E-state index in [1.807, 2.05) is 18.2 Å². The quantitative estimate of drug-likeness (QED) is 0.492. The zero-order chi connectivity index (χ0) is 7.84. The van der Waals surface area contributed by atoms with Crippen LogP contribution in [0.25, 0.3) is 0 Å². The van der Waals surface area contributed by atoms with Gasteiger partial charge in [0.2, 0.25) is 5.91 Å². The molecule has 1 radical (unpaired) electrons. The monoisotopic (exact) mass is 146 g/mol. The fourth-order valence-electron chi connectivity index (χ4n) is 1.35. The van der Waals surface area contributed by atoms with Crippen LogP contribution in [0.1, 0.15) is 0 Å². The highest BCUT2D eigenvalue weighted by Crippen LogP contribution is 2.22. The van der Waals surface area contributed by atoms with Gasteiger partial charge in [-0.1, -0.05) is 12.2 Å². The van der Waals surface area contributed by atoms with E-state index in [1.54, 1.807) is 18.0 Å². The van der Waals surface area contributed by atoms with Crippen molar-refractivity contribution in [2.45, 2.75) is 6.04 Å². The molecule has 0 fully saturated rings. The summed E-state index contributed by atoms with van der Waals surface area (Å²) in [5.74, 6) is 0.0783. The summed E-state index contributed by atoms with van der Waals surface area (Å²) >= 11 is 0. The zero-order valence-electron chi connectivity index (χ0n) is 6.24. The predicted octanol–water partition coefficient (Wildman–Crippen LogP) is 0.683. The van der Waals surface area contributed by atoms with Crippen molar-refractivity contribution in [1.82, 2.24) is 4.90 Å². The molecule has 1 aliphatic heterocycles. The summed E-state index contributed by atoms with van der Waals surface area (Å²) in [6.07, 6.45) is 10.3. The maximum atomic E-state index is 11.1. The number of carbonyl (C=O) groups is 1. The lowest BCUT2D eigenvalue weighted by Gasteiger charge is -2.19. The van der Waals surface area contributed by atoms with Gasteiger partial charge in [-0.15, -0.1) is 0 Å². The summed E-state index contributed by atoms with van der Waals surface area (Å²) in [5, 5.41) is 0. The van der Waals surface area contributed by atoms with Gasteiger partial charge in [-0.3, -0.25) is 4.79 Å². The number of hydrogen-bond donors (Lipinski definition) is 0. The standard InChI is InChI=1S/C9H8NO/c1-10-8-5-3-2-4-7(8)6-9(10)11/h3-6,8H,1H3. The van der Waals surface area contributed by atoms with E-state index in [9.17, 15) is 4.79 Å². The molecule has 0 aromatic carbocycles. The van der Waals surface area contributed by atoms with Crippen LogP contribution in [0.2, 0.25) is 0 Å². The van der Waals surface area contributed by atoms with Crippen molar-refractivity contribution in [3.63, 3.8) is 0 Å². The third-order valence-corrected chi connectivity index (χ3v) is 2.02. The Morgan fingerprint density at radius 1 is 1.64 bits per heavy atom. The normalized spacial score (nSPS) is 27.4. The molecule has 0 spiro atoms. The number of amides is 1. The molecule has 2 aliphatic rings. The minimum absolute atomic E-state index is 0.0783. The van der Waals surface area contributed by atoms with Crippen LogP contribution >= 0.6 is 0 Å². The van der Waals surface area contributed by atoms with E-state index in [0.717, 1.165) is 5.57 Å². The first-order valence-corrected chi connectivity index (χ1v) is 3.53. The number of nitrogens with zero attached hydrogens (tertiary/aromatic N) is 1. The summed E-state index contributed by atoms with van der Waals surface area (Å²) < 4.78 is 0. The molecule has 0 N–H and O–H groups in total. The van der Waals surface area contributed by atoms with Gasteiger partial charge in [0.25, 0.3) is 0 Å². The number of rotatable bonds is 0. The van der Waals surface area contributed by atoms with Crippen LogP contribution in [0.5, 0.6) is 0 Å². The van der Waals surface area contributed by atoms with Crippen LogP contribution in [0.4, 0.5) is 0 Å². The van der Waals surface area contributed by atoms with Crippen LogP contribution in [0.15, 0.2) is 29.9 Å². The van der Waals surface area contributed by atoms with Crippen LogP contribution in [-0.4, -0.2) is 23.9 Å². The average molecular weight is 146 g/mol. The largest absolute Gasteiger partial charge is 0.332 e.